The molecule has 20 heavy (non-hydrogen) atoms. The van der Waals surface area contributed by atoms with Gasteiger partial charge in [0.05, 0.1) is 6.61 Å². The van der Waals surface area contributed by atoms with E-state index in [2.05, 4.69) is 0 Å². The van der Waals surface area contributed by atoms with E-state index in [9.17, 15) is 22.0 Å². The second-order valence-corrected chi connectivity index (χ2v) is 5.43. The molecule has 0 bridgehead atoms. The van der Waals surface area contributed by atoms with Gasteiger partial charge in [-0.05, 0) is 12.1 Å². The average Bonchev–Trinajstić information content (AvgIpc) is 2.34. The standard InChI is InChI=1S/C10H13F2N3O4S/c11-6-1-2-7(9(12)10(6)14)20(17,18)15-3-4-19-5-8(13)16/h1-2,15H,3-5,14H2,(H2,13,16). The van der Waals surface area contributed by atoms with Crippen LogP contribution in [0.1, 0.15) is 0 Å². The van der Waals surface area contributed by atoms with Gasteiger partial charge >= 0.3 is 0 Å². The lowest BCUT2D eigenvalue weighted by atomic mass is 10.3. The maximum Gasteiger partial charge on any atom is 0.243 e. The normalized spacial score (nSPS) is 11.5. The molecule has 0 saturated carbocycles. The van der Waals surface area contributed by atoms with Crippen molar-refractivity contribution in [2.24, 2.45) is 5.73 Å². The quantitative estimate of drug-likeness (QED) is 0.455. The van der Waals surface area contributed by atoms with Crippen LogP contribution >= 0.6 is 0 Å². The topological polar surface area (TPSA) is 125 Å². The van der Waals surface area contributed by atoms with Crippen LogP contribution in [0.4, 0.5) is 14.5 Å². The third-order valence-corrected chi connectivity index (χ3v) is 3.64. The van der Waals surface area contributed by atoms with Crippen molar-refractivity contribution in [2.75, 3.05) is 25.5 Å². The summed E-state index contributed by atoms with van der Waals surface area (Å²) in [6.45, 7) is -0.716. The molecule has 0 unspecified atom stereocenters. The van der Waals surface area contributed by atoms with Crippen molar-refractivity contribution in [1.29, 1.82) is 0 Å². The first-order chi connectivity index (χ1) is 9.25. The fraction of sp³-hybridized carbons (Fsp3) is 0.300. The molecule has 0 aromatic heterocycles. The Bertz CT molecular complexity index is 607. The highest BCUT2D eigenvalue weighted by Gasteiger charge is 2.22. The number of amides is 1. The first-order valence-electron chi connectivity index (χ1n) is 5.35. The number of sulfonamides is 1. The molecule has 0 atom stereocenters. The predicted molar refractivity (Wildman–Crippen MR) is 66.0 cm³/mol. The number of nitrogens with two attached hydrogens (primary N) is 2. The van der Waals surface area contributed by atoms with Crippen molar-refractivity contribution < 1.29 is 26.7 Å². The summed E-state index contributed by atoms with van der Waals surface area (Å²) in [7, 11) is -4.20. The summed E-state index contributed by atoms with van der Waals surface area (Å²) in [4.78, 5) is 9.58. The van der Waals surface area contributed by atoms with Crippen molar-refractivity contribution >= 4 is 21.6 Å². The molecule has 0 radical (unpaired) electrons. The molecule has 1 amide bonds. The first kappa shape index (κ1) is 16.3. The molecule has 0 aliphatic rings. The van der Waals surface area contributed by atoms with Crippen molar-refractivity contribution in [1.82, 2.24) is 4.72 Å². The molecule has 0 heterocycles. The van der Waals surface area contributed by atoms with Crippen molar-refractivity contribution in [3.63, 3.8) is 0 Å². The number of nitrogen functional groups attached to an aromatic ring is 1. The van der Waals surface area contributed by atoms with Crippen LogP contribution in [0.25, 0.3) is 0 Å². The number of nitrogens with one attached hydrogen (secondary N) is 1. The van der Waals surface area contributed by atoms with Gasteiger partial charge < -0.3 is 16.2 Å². The summed E-state index contributed by atoms with van der Waals surface area (Å²) in [6, 6.07) is 1.50. The SMILES string of the molecule is NC(=O)COCCNS(=O)(=O)c1ccc(F)c(N)c1F. The Hall–Kier alpha value is -1.78. The monoisotopic (exact) mass is 309 g/mol. The minimum Gasteiger partial charge on any atom is -0.394 e. The first-order valence-corrected chi connectivity index (χ1v) is 6.83. The Kier molecular flexibility index (Phi) is 5.36. The number of benzene rings is 1. The fourth-order valence-electron chi connectivity index (χ4n) is 1.26. The molecule has 10 heteroatoms. The summed E-state index contributed by atoms with van der Waals surface area (Å²) in [5.74, 6) is -3.12. The molecule has 0 saturated heterocycles. The van der Waals surface area contributed by atoms with E-state index < -0.39 is 38.1 Å². The lowest BCUT2D eigenvalue weighted by Crippen LogP contribution is -2.29. The number of carbonyl (C=O) groups excluding carboxylic acids is 1. The van der Waals surface area contributed by atoms with Crippen LogP contribution in [0.2, 0.25) is 0 Å². The molecular formula is C10H13F2N3O4S. The minimum atomic E-state index is -4.20. The molecule has 1 rings (SSSR count). The number of hydrogen-bond donors (Lipinski definition) is 3. The van der Waals surface area contributed by atoms with Gasteiger partial charge in [0.25, 0.3) is 0 Å². The van der Waals surface area contributed by atoms with E-state index in [4.69, 9.17) is 16.2 Å². The van der Waals surface area contributed by atoms with Gasteiger partial charge in [0, 0.05) is 6.54 Å². The molecule has 0 aliphatic heterocycles. The Morgan fingerprint density at radius 1 is 1.35 bits per heavy atom. The van der Waals surface area contributed by atoms with E-state index >= 15 is 0 Å². The Labute approximate surface area is 113 Å². The van der Waals surface area contributed by atoms with Gasteiger partial charge in [-0.3, -0.25) is 4.79 Å². The lowest BCUT2D eigenvalue weighted by molar-refractivity contribution is -0.122. The van der Waals surface area contributed by atoms with Crippen LogP contribution in [0.5, 0.6) is 0 Å². The largest absolute Gasteiger partial charge is 0.394 e. The summed E-state index contributed by atoms with van der Waals surface area (Å²) < 4.78 is 56.7. The molecule has 1 aromatic rings. The predicted octanol–water partition coefficient (Wildman–Crippen LogP) is -0.673. The second kappa shape index (κ2) is 6.59. The van der Waals surface area contributed by atoms with E-state index in [1.165, 1.54) is 0 Å². The van der Waals surface area contributed by atoms with Gasteiger partial charge in [-0.2, -0.15) is 0 Å². The summed E-state index contributed by atoms with van der Waals surface area (Å²) in [6.07, 6.45) is 0. The molecule has 0 fully saturated rings. The molecule has 5 N–H and O–H groups in total. The molecular weight excluding hydrogens is 296 g/mol. The molecule has 1 aromatic carbocycles. The third-order valence-electron chi connectivity index (χ3n) is 2.16. The smallest absolute Gasteiger partial charge is 0.243 e. The highest BCUT2D eigenvalue weighted by atomic mass is 32.2. The highest BCUT2D eigenvalue weighted by molar-refractivity contribution is 7.89. The zero-order valence-corrected chi connectivity index (χ0v) is 11.0. The average molecular weight is 309 g/mol. The lowest BCUT2D eigenvalue weighted by Gasteiger charge is -2.09. The Morgan fingerprint density at radius 3 is 2.60 bits per heavy atom. The van der Waals surface area contributed by atoms with E-state index in [0.29, 0.717) is 0 Å². The Balaban J connectivity index is 2.70. The summed E-state index contributed by atoms with van der Waals surface area (Å²) in [5, 5.41) is 0. The van der Waals surface area contributed by atoms with E-state index in [1.807, 2.05) is 4.72 Å². The minimum absolute atomic E-state index is 0.138. The maximum absolute atomic E-state index is 13.6. The van der Waals surface area contributed by atoms with Gasteiger partial charge in [-0.1, -0.05) is 0 Å². The second-order valence-electron chi connectivity index (χ2n) is 3.69. The van der Waals surface area contributed by atoms with E-state index in [1.54, 1.807) is 0 Å². The van der Waals surface area contributed by atoms with Crippen LogP contribution in [0.15, 0.2) is 17.0 Å². The number of ether oxygens (including phenoxy) is 1. The molecule has 7 nitrogen and oxygen atoms in total. The van der Waals surface area contributed by atoms with Crippen LogP contribution < -0.4 is 16.2 Å². The number of hydrogen-bond acceptors (Lipinski definition) is 5. The van der Waals surface area contributed by atoms with Crippen molar-refractivity contribution in [2.45, 2.75) is 4.90 Å². The number of rotatable bonds is 7. The zero-order valence-electron chi connectivity index (χ0n) is 10.2. The van der Waals surface area contributed by atoms with Gasteiger partial charge in [0.15, 0.2) is 5.82 Å². The van der Waals surface area contributed by atoms with E-state index in [-0.39, 0.29) is 19.8 Å². The summed E-state index contributed by atoms with van der Waals surface area (Å²) >= 11 is 0. The highest BCUT2D eigenvalue weighted by Crippen LogP contribution is 2.22. The molecule has 0 aliphatic carbocycles. The van der Waals surface area contributed by atoms with E-state index in [0.717, 1.165) is 12.1 Å². The number of carbonyl (C=O) groups is 1. The fourth-order valence-corrected chi connectivity index (χ4v) is 2.36. The van der Waals surface area contributed by atoms with Crippen molar-refractivity contribution in [3.05, 3.63) is 23.8 Å². The summed E-state index contributed by atoms with van der Waals surface area (Å²) in [5.41, 5.74) is 8.99. The maximum atomic E-state index is 13.6. The van der Waals surface area contributed by atoms with Crippen LogP contribution in [0.3, 0.4) is 0 Å². The van der Waals surface area contributed by atoms with Gasteiger partial charge in [-0.25, -0.2) is 21.9 Å². The van der Waals surface area contributed by atoms with Crippen LogP contribution in [-0.4, -0.2) is 34.1 Å². The molecule has 112 valence electrons. The Morgan fingerprint density at radius 2 is 2.00 bits per heavy atom. The third kappa shape index (κ3) is 4.11. The van der Waals surface area contributed by atoms with Gasteiger partial charge in [-0.15, -0.1) is 0 Å². The molecule has 0 spiro atoms. The number of primary amides is 1. The number of anilines is 1. The number of halogens is 2. The van der Waals surface area contributed by atoms with Crippen LogP contribution in [0, 0.1) is 11.6 Å². The van der Waals surface area contributed by atoms with Gasteiger partial charge in [0.2, 0.25) is 15.9 Å². The van der Waals surface area contributed by atoms with Crippen molar-refractivity contribution in [3.8, 4) is 0 Å². The zero-order chi connectivity index (χ0) is 15.3. The van der Waals surface area contributed by atoms with Crippen LogP contribution in [-0.2, 0) is 19.6 Å². The van der Waals surface area contributed by atoms with Gasteiger partial charge in [0.1, 0.15) is 23.0 Å².